The van der Waals surface area contributed by atoms with Crippen molar-refractivity contribution in [2.75, 3.05) is 4.72 Å². The highest BCUT2D eigenvalue weighted by Crippen LogP contribution is 2.26. The van der Waals surface area contributed by atoms with Crippen LogP contribution >= 0.6 is 11.8 Å². The largest absolute Gasteiger partial charge is 0.279 e. The fraction of sp³-hybridized carbons (Fsp3) is 0.0714. The molecule has 0 spiro atoms. The molecule has 0 unspecified atom stereocenters. The SMILES string of the molecule is Cc1cc(SC#N)ccc1NS(=O)(=O)c1ccc(F)cc1F. The third-order valence-corrected chi connectivity index (χ3v) is 4.77. The normalized spacial score (nSPS) is 11.0. The van der Waals surface area contributed by atoms with Gasteiger partial charge in [-0.25, -0.2) is 17.2 Å². The Morgan fingerprint density at radius 1 is 1.18 bits per heavy atom. The molecule has 22 heavy (non-hydrogen) atoms. The summed E-state index contributed by atoms with van der Waals surface area (Å²) in [7, 11) is -4.17. The second kappa shape index (κ2) is 6.34. The van der Waals surface area contributed by atoms with Gasteiger partial charge in [0.15, 0.2) is 0 Å². The second-order valence-corrected chi connectivity index (χ2v) is 6.86. The maximum absolute atomic E-state index is 13.6. The van der Waals surface area contributed by atoms with Crippen LogP contribution in [0.5, 0.6) is 0 Å². The molecule has 0 aliphatic carbocycles. The molecule has 0 atom stereocenters. The van der Waals surface area contributed by atoms with Crippen molar-refractivity contribution in [1.29, 1.82) is 5.26 Å². The summed E-state index contributed by atoms with van der Waals surface area (Å²) in [6.45, 7) is 1.65. The second-order valence-electron chi connectivity index (χ2n) is 4.35. The molecule has 0 radical (unpaired) electrons. The van der Waals surface area contributed by atoms with Crippen molar-refractivity contribution in [3.05, 3.63) is 53.6 Å². The van der Waals surface area contributed by atoms with Crippen LogP contribution in [0.15, 0.2) is 46.2 Å². The molecule has 0 bridgehead atoms. The minimum atomic E-state index is -4.17. The predicted octanol–water partition coefficient (Wildman–Crippen LogP) is 3.65. The van der Waals surface area contributed by atoms with E-state index in [4.69, 9.17) is 5.26 Å². The number of nitrogens with zero attached hydrogens (tertiary/aromatic N) is 1. The molecule has 114 valence electrons. The van der Waals surface area contributed by atoms with E-state index in [1.807, 2.05) is 5.40 Å². The fourth-order valence-electron chi connectivity index (χ4n) is 1.76. The van der Waals surface area contributed by atoms with E-state index in [0.29, 0.717) is 16.5 Å². The average molecular weight is 340 g/mol. The van der Waals surface area contributed by atoms with Gasteiger partial charge in [-0.05, 0) is 54.6 Å². The first kappa shape index (κ1) is 16.3. The van der Waals surface area contributed by atoms with Crippen LogP contribution in [-0.2, 0) is 10.0 Å². The number of nitrogens with one attached hydrogen (secondary N) is 1. The number of sulfonamides is 1. The summed E-state index contributed by atoms with van der Waals surface area (Å²) >= 11 is 0.943. The maximum Gasteiger partial charge on any atom is 0.264 e. The summed E-state index contributed by atoms with van der Waals surface area (Å²) in [5.41, 5.74) is 0.831. The lowest BCUT2D eigenvalue weighted by Crippen LogP contribution is -2.15. The monoisotopic (exact) mass is 340 g/mol. The number of hydrogen-bond acceptors (Lipinski definition) is 4. The van der Waals surface area contributed by atoms with Crippen molar-refractivity contribution in [2.24, 2.45) is 0 Å². The van der Waals surface area contributed by atoms with Gasteiger partial charge in [0.25, 0.3) is 10.0 Å². The molecule has 8 heteroatoms. The zero-order valence-electron chi connectivity index (χ0n) is 11.3. The lowest BCUT2D eigenvalue weighted by Gasteiger charge is -2.11. The summed E-state index contributed by atoms with van der Waals surface area (Å²) < 4.78 is 53.1. The molecule has 1 N–H and O–H groups in total. The molecule has 0 heterocycles. The van der Waals surface area contributed by atoms with Crippen molar-refractivity contribution < 1.29 is 17.2 Å². The van der Waals surface area contributed by atoms with Crippen LogP contribution in [-0.4, -0.2) is 8.42 Å². The van der Waals surface area contributed by atoms with E-state index in [1.165, 1.54) is 6.07 Å². The molecule has 2 aromatic rings. The zero-order valence-corrected chi connectivity index (χ0v) is 12.9. The van der Waals surface area contributed by atoms with E-state index in [9.17, 15) is 17.2 Å². The van der Waals surface area contributed by atoms with Crippen molar-refractivity contribution >= 4 is 27.5 Å². The van der Waals surface area contributed by atoms with Crippen LogP contribution in [0.25, 0.3) is 0 Å². The Balaban J connectivity index is 2.35. The minimum Gasteiger partial charge on any atom is -0.279 e. The van der Waals surface area contributed by atoms with Gasteiger partial charge in [0, 0.05) is 11.0 Å². The van der Waals surface area contributed by atoms with Gasteiger partial charge in [-0.1, -0.05) is 0 Å². The van der Waals surface area contributed by atoms with E-state index in [1.54, 1.807) is 19.1 Å². The Morgan fingerprint density at radius 2 is 1.91 bits per heavy atom. The summed E-state index contributed by atoms with van der Waals surface area (Å²) in [6, 6.07) is 6.92. The summed E-state index contributed by atoms with van der Waals surface area (Å²) in [5, 5.41) is 10.5. The molecule has 4 nitrogen and oxygen atoms in total. The van der Waals surface area contributed by atoms with Gasteiger partial charge < -0.3 is 0 Å². The highest BCUT2D eigenvalue weighted by atomic mass is 32.2. The van der Waals surface area contributed by atoms with E-state index < -0.39 is 26.6 Å². The Morgan fingerprint density at radius 3 is 2.50 bits per heavy atom. The smallest absolute Gasteiger partial charge is 0.264 e. The van der Waals surface area contributed by atoms with Gasteiger partial charge in [0.2, 0.25) is 0 Å². The molecule has 0 saturated carbocycles. The highest BCUT2D eigenvalue weighted by molar-refractivity contribution is 8.03. The summed E-state index contributed by atoms with van der Waals surface area (Å²) in [5.74, 6) is -2.02. The Labute approximate surface area is 130 Å². The molecule has 0 aromatic heterocycles. The summed E-state index contributed by atoms with van der Waals surface area (Å²) in [4.78, 5) is 0.0275. The van der Waals surface area contributed by atoms with Crippen LogP contribution < -0.4 is 4.72 Å². The molecule has 0 aliphatic heterocycles. The first-order chi connectivity index (χ1) is 10.3. The standard InChI is InChI=1S/C14H10F2N2O2S2/c1-9-6-11(21-8-17)3-4-13(9)18-22(19,20)14-5-2-10(15)7-12(14)16/h2-7,18H,1H3. The number of thiocyanates is 1. The molecule has 0 amide bonds. The van der Waals surface area contributed by atoms with Crippen LogP contribution in [0.1, 0.15) is 5.56 Å². The van der Waals surface area contributed by atoms with Gasteiger partial charge in [-0.15, -0.1) is 0 Å². The van der Waals surface area contributed by atoms with Crippen LogP contribution in [0, 0.1) is 29.2 Å². The molecule has 0 fully saturated rings. The quantitative estimate of drug-likeness (QED) is 0.681. The van der Waals surface area contributed by atoms with Gasteiger partial charge >= 0.3 is 0 Å². The first-order valence-corrected chi connectivity index (χ1v) is 8.28. The van der Waals surface area contributed by atoms with Crippen LogP contribution in [0.3, 0.4) is 0 Å². The highest BCUT2D eigenvalue weighted by Gasteiger charge is 2.20. The van der Waals surface area contributed by atoms with Crippen molar-refractivity contribution in [3.8, 4) is 5.40 Å². The number of halogens is 2. The van der Waals surface area contributed by atoms with Crippen molar-refractivity contribution in [2.45, 2.75) is 16.7 Å². The number of benzene rings is 2. The zero-order chi connectivity index (χ0) is 16.3. The molecule has 0 aliphatic rings. The molecule has 0 saturated heterocycles. The lowest BCUT2D eigenvalue weighted by atomic mass is 10.2. The Kier molecular flexibility index (Phi) is 4.68. The fourth-order valence-corrected chi connectivity index (χ4v) is 3.43. The van der Waals surface area contributed by atoms with E-state index in [-0.39, 0.29) is 5.69 Å². The van der Waals surface area contributed by atoms with Crippen LogP contribution in [0.4, 0.5) is 14.5 Å². The number of hydrogen-bond donors (Lipinski definition) is 1. The molecular weight excluding hydrogens is 330 g/mol. The number of rotatable bonds is 4. The number of aryl methyl sites for hydroxylation is 1. The third-order valence-electron chi connectivity index (χ3n) is 2.79. The molecule has 2 rings (SSSR count). The van der Waals surface area contributed by atoms with Crippen molar-refractivity contribution in [1.82, 2.24) is 0 Å². The number of nitriles is 1. The minimum absolute atomic E-state index is 0.256. The van der Waals surface area contributed by atoms with Gasteiger partial charge in [-0.2, -0.15) is 5.26 Å². The molecular formula is C14H10F2N2O2S2. The average Bonchev–Trinajstić information content (AvgIpc) is 2.41. The van der Waals surface area contributed by atoms with Gasteiger partial charge in [0.1, 0.15) is 21.9 Å². The van der Waals surface area contributed by atoms with Crippen LogP contribution in [0.2, 0.25) is 0 Å². The Bertz CT molecular complexity index is 862. The topological polar surface area (TPSA) is 70.0 Å². The maximum atomic E-state index is 13.6. The van der Waals surface area contributed by atoms with Gasteiger partial charge in [0.05, 0.1) is 5.69 Å². The lowest BCUT2D eigenvalue weighted by molar-refractivity contribution is 0.551. The molecule has 2 aromatic carbocycles. The Hall–Kier alpha value is -2.11. The first-order valence-electron chi connectivity index (χ1n) is 5.98. The number of thioether (sulfide) groups is 1. The van der Waals surface area contributed by atoms with E-state index >= 15 is 0 Å². The van der Waals surface area contributed by atoms with Gasteiger partial charge in [-0.3, -0.25) is 4.72 Å². The summed E-state index contributed by atoms with van der Waals surface area (Å²) in [6.07, 6.45) is 0. The van der Waals surface area contributed by atoms with E-state index in [2.05, 4.69) is 4.72 Å². The number of anilines is 1. The predicted molar refractivity (Wildman–Crippen MR) is 79.8 cm³/mol. The van der Waals surface area contributed by atoms with E-state index in [0.717, 1.165) is 23.9 Å². The van der Waals surface area contributed by atoms with Crippen molar-refractivity contribution in [3.63, 3.8) is 0 Å². The third kappa shape index (κ3) is 3.55.